The summed E-state index contributed by atoms with van der Waals surface area (Å²) in [5.74, 6) is 2.17. The number of benzene rings is 1. The van der Waals surface area contributed by atoms with E-state index in [0.717, 1.165) is 35.8 Å². The Morgan fingerprint density at radius 3 is 2.92 bits per heavy atom. The Kier molecular flexibility index (Phi) is 2.46. The van der Waals surface area contributed by atoms with Gasteiger partial charge in [0.25, 0.3) is 0 Å². The maximum absolute atomic E-state index is 14.1. The normalized spacial score (nSPS) is 22.1. The Labute approximate surface area is 148 Å². The fourth-order valence-corrected chi connectivity index (χ4v) is 3.64. The van der Waals surface area contributed by atoms with Gasteiger partial charge in [0.15, 0.2) is 17.5 Å². The molecule has 4 heterocycles. The molecule has 9 heteroatoms. The van der Waals surface area contributed by atoms with E-state index < -0.39 is 0 Å². The summed E-state index contributed by atoms with van der Waals surface area (Å²) in [4.78, 5) is 11.2. The van der Waals surface area contributed by atoms with E-state index in [-0.39, 0.29) is 12.1 Å². The minimum atomic E-state index is 0.0219. The molecule has 1 aromatic heterocycles. The first kappa shape index (κ1) is 14.1. The Balaban J connectivity index is 1.45. The second-order valence-corrected chi connectivity index (χ2v) is 7.27. The number of halogens is 1. The number of amidine groups is 1. The number of hydrazine groups is 1. The van der Waals surface area contributed by atoms with Crippen LogP contribution < -0.4 is 9.91 Å². The van der Waals surface area contributed by atoms with Crippen molar-refractivity contribution >= 4 is 17.5 Å². The number of aromatic nitrogens is 2. The average Bonchev–Trinajstić information content (AvgIpc) is 3.05. The van der Waals surface area contributed by atoms with E-state index in [4.69, 9.17) is 4.52 Å². The monoisotopic (exact) mass is 353 g/mol. The quantitative estimate of drug-likeness (QED) is 0.768. The molecule has 0 unspecified atom stereocenters. The third-order valence-electron chi connectivity index (χ3n) is 5.43. The predicted octanol–water partition coefficient (Wildman–Crippen LogP) is 2.34. The van der Waals surface area contributed by atoms with Crippen LogP contribution in [-0.2, 0) is 5.41 Å². The van der Waals surface area contributed by atoms with Gasteiger partial charge in [-0.2, -0.15) is 10.1 Å². The molecule has 0 spiro atoms. The summed E-state index contributed by atoms with van der Waals surface area (Å²) in [6.07, 6.45) is 3.60. The number of para-hydroxylation sites is 1. The molecular formula is C17H16FN7O. The first-order valence-electron chi connectivity index (χ1n) is 8.61. The fraction of sp³-hybridized carbons (Fsp3) is 0.353. The van der Waals surface area contributed by atoms with Crippen molar-refractivity contribution in [3.8, 4) is 0 Å². The first-order valence-corrected chi connectivity index (χ1v) is 8.61. The minimum Gasteiger partial charge on any atom is -0.313 e. The highest BCUT2D eigenvalue weighted by Crippen LogP contribution is 2.47. The number of anilines is 2. The summed E-state index contributed by atoms with van der Waals surface area (Å²) in [6.45, 7) is 2.61. The van der Waals surface area contributed by atoms with Crippen LogP contribution in [0.1, 0.15) is 31.2 Å². The number of rotatable bonds is 2. The van der Waals surface area contributed by atoms with E-state index in [2.05, 4.69) is 22.1 Å². The van der Waals surface area contributed by atoms with Gasteiger partial charge in [-0.05, 0) is 25.0 Å². The molecule has 1 aromatic carbocycles. The highest BCUT2D eigenvalue weighted by atomic mass is 19.2. The van der Waals surface area contributed by atoms with E-state index in [1.807, 2.05) is 34.2 Å². The first-order chi connectivity index (χ1) is 12.6. The van der Waals surface area contributed by atoms with Crippen LogP contribution in [0.4, 0.5) is 16.2 Å². The van der Waals surface area contributed by atoms with Gasteiger partial charge in [0.05, 0.1) is 11.9 Å². The molecule has 1 fully saturated rings. The molecule has 1 aliphatic carbocycles. The Hall–Kier alpha value is -3.10. The average molecular weight is 353 g/mol. The summed E-state index contributed by atoms with van der Waals surface area (Å²) in [5, 5.41) is 8.47. The zero-order chi connectivity index (χ0) is 17.5. The smallest absolute Gasteiger partial charge is 0.313 e. The van der Waals surface area contributed by atoms with Crippen molar-refractivity contribution < 1.29 is 9.00 Å². The van der Waals surface area contributed by atoms with Gasteiger partial charge >= 0.3 is 6.01 Å². The van der Waals surface area contributed by atoms with Crippen molar-refractivity contribution in [2.75, 3.05) is 23.2 Å². The van der Waals surface area contributed by atoms with Crippen molar-refractivity contribution in [2.24, 2.45) is 4.99 Å². The van der Waals surface area contributed by atoms with E-state index in [1.165, 1.54) is 6.20 Å². The van der Waals surface area contributed by atoms with Gasteiger partial charge in [-0.25, -0.2) is 15.0 Å². The summed E-state index contributed by atoms with van der Waals surface area (Å²) in [5.41, 5.74) is 1.91. The van der Waals surface area contributed by atoms with E-state index in [9.17, 15) is 4.48 Å². The SMILES string of the molecule is CC1(c2noc(N3CN=C4c5ccccc5N5CN(F)C=C5N43)n2)CC1. The van der Waals surface area contributed by atoms with E-state index in [1.54, 1.807) is 5.01 Å². The summed E-state index contributed by atoms with van der Waals surface area (Å²) >= 11 is 0. The molecule has 6 rings (SSSR count). The maximum Gasteiger partial charge on any atom is 0.345 e. The van der Waals surface area contributed by atoms with Crippen LogP contribution in [0.25, 0.3) is 0 Å². The molecule has 0 atom stereocenters. The largest absolute Gasteiger partial charge is 0.345 e. The molecule has 0 saturated heterocycles. The van der Waals surface area contributed by atoms with Crippen molar-refractivity contribution in [3.05, 3.63) is 47.7 Å². The lowest BCUT2D eigenvalue weighted by atomic mass is 10.1. The molecule has 3 aliphatic heterocycles. The van der Waals surface area contributed by atoms with Crippen LogP contribution in [0.3, 0.4) is 0 Å². The Morgan fingerprint density at radius 1 is 1.23 bits per heavy atom. The number of hydrogen-bond donors (Lipinski definition) is 0. The van der Waals surface area contributed by atoms with Gasteiger partial charge in [-0.15, -0.1) is 0 Å². The molecule has 0 bridgehead atoms. The zero-order valence-corrected chi connectivity index (χ0v) is 14.1. The molecule has 4 aliphatic rings. The van der Waals surface area contributed by atoms with Crippen LogP contribution in [-0.4, -0.2) is 39.4 Å². The summed E-state index contributed by atoms with van der Waals surface area (Å²) in [6, 6.07) is 8.25. The van der Waals surface area contributed by atoms with Crippen molar-refractivity contribution in [1.29, 1.82) is 0 Å². The molecule has 1 saturated carbocycles. The van der Waals surface area contributed by atoms with Crippen LogP contribution in [0, 0.1) is 0 Å². The second kappa shape index (κ2) is 4.54. The highest BCUT2D eigenvalue weighted by molar-refractivity contribution is 6.08. The Bertz CT molecular complexity index is 979. The zero-order valence-electron chi connectivity index (χ0n) is 14.1. The molecule has 132 valence electrons. The van der Waals surface area contributed by atoms with Crippen LogP contribution in [0.5, 0.6) is 0 Å². The van der Waals surface area contributed by atoms with Gasteiger partial charge in [-0.3, -0.25) is 0 Å². The highest BCUT2D eigenvalue weighted by Gasteiger charge is 2.46. The third kappa shape index (κ3) is 1.74. The number of aliphatic imine (C=N–C) groups is 1. The predicted molar refractivity (Wildman–Crippen MR) is 91.4 cm³/mol. The molecule has 8 nitrogen and oxygen atoms in total. The number of hydrogen-bond acceptors (Lipinski definition) is 8. The standard InChI is InChI=1S/C17H16FN7O/c1-17(6-7-17)15-20-16(26-21-15)24-9-19-14-11-4-2-3-5-12(11)23-10-22(18)8-13(23)25(14)24/h2-5,8H,6-7,9-10H2,1H3. The topological polar surface area (TPSA) is 64.2 Å². The number of fused-ring (bicyclic) bond motifs is 6. The second-order valence-electron chi connectivity index (χ2n) is 7.27. The molecule has 26 heavy (non-hydrogen) atoms. The van der Waals surface area contributed by atoms with Gasteiger partial charge in [-0.1, -0.05) is 28.7 Å². The van der Waals surface area contributed by atoms with Crippen LogP contribution in [0.15, 0.2) is 45.8 Å². The maximum atomic E-state index is 14.1. The Morgan fingerprint density at radius 2 is 2.08 bits per heavy atom. The van der Waals surface area contributed by atoms with Gasteiger partial charge < -0.3 is 9.42 Å². The molecule has 2 aromatic rings. The van der Waals surface area contributed by atoms with Crippen molar-refractivity contribution in [2.45, 2.75) is 25.2 Å². The fourth-order valence-electron chi connectivity index (χ4n) is 3.64. The lowest BCUT2D eigenvalue weighted by Gasteiger charge is -2.38. The van der Waals surface area contributed by atoms with Crippen LogP contribution >= 0.6 is 0 Å². The lowest BCUT2D eigenvalue weighted by Crippen LogP contribution is -2.49. The molecule has 0 amide bonds. The minimum absolute atomic E-state index is 0.0219. The van der Waals surface area contributed by atoms with Gasteiger partial charge in [0.2, 0.25) is 0 Å². The van der Waals surface area contributed by atoms with Crippen molar-refractivity contribution in [1.82, 2.24) is 20.3 Å². The van der Waals surface area contributed by atoms with Crippen molar-refractivity contribution in [3.63, 3.8) is 0 Å². The summed E-state index contributed by atoms with van der Waals surface area (Å²) in [7, 11) is 0. The molecule has 0 radical (unpaired) electrons. The van der Waals surface area contributed by atoms with E-state index >= 15 is 0 Å². The molecule has 0 N–H and O–H groups in total. The molecular weight excluding hydrogens is 337 g/mol. The van der Waals surface area contributed by atoms with Gasteiger partial charge in [0, 0.05) is 11.0 Å². The van der Waals surface area contributed by atoms with E-state index in [0.29, 0.717) is 23.6 Å². The lowest BCUT2D eigenvalue weighted by molar-refractivity contribution is 0.104. The number of nitrogens with zero attached hydrogens (tertiary/aromatic N) is 7. The third-order valence-corrected chi connectivity index (χ3v) is 5.43. The van der Waals surface area contributed by atoms with Crippen LogP contribution in [0.2, 0.25) is 0 Å². The summed E-state index contributed by atoms with van der Waals surface area (Å²) < 4.78 is 19.6. The van der Waals surface area contributed by atoms with Gasteiger partial charge in [0.1, 0.15) is 13.3 Å².